The first-order valence-electron chi connectivity index (χ1n) is 10.1. The average Bonchev–Trinajstić information content (AvgIpc) is 2.87. The molecule has 1 fully saturated rings. The normalized spacial score (nSPS) is 20.0. The zero-order valence-electron chi connectivity index (χ0n) is 17.7. The van der Waals surface area contributed by atoms with Crippen LogP contribution in [0.2, 0.25) is 0 Å². The van der Waals surface area contributed by atoms with Gasteiger partial charge in [0.2, 0.25) is 5.91 Å². The first kappa shape index (κ1) is 19.0. The highest BCUT2D eigenvalue weighted by Gasteiger charge is 2.68. The van der Waals surface area contributed by atoms with E-state index in [1.807, 2.05) is 19.9 Å². The lowest BCUT2D eigenvalue weighted by atomic mass is 10.0. The van der Waals surface area contributed by atoms with Gasteiger partial charge in [-0.05, 0) is 49.1 Å². The monoisotopic (exact) mass is 382 g/mol. The molecule has 150 valence electrons. The largest absolute Gasteiger partial charge is 0.362 e. The van der Waals surface area contributed by atoms with Crippen LogP contribution in [0.5, 0.6) is 0 Å². The maximum atomic E-state index is 12.9. The predicted molar refractivity (Wildman–Crippen MR) is 109 cm³/mol. The smallest absolute Gasteiger partial charge is 0.229 e. The second-order valence-corrected chi connectivity index (χ2v) is 9.45. The zero-order chi connectivity index (χ0) is 20.3. The Bertz CT molecular complexity index is 915. The van der Waals surface area contributed by atoms with E-state index >= 15 is 0 Å². The Morgan fingerprint density at radius 3 is 2.57 bits per heavy atom. The number of pyridine rings is 1. The van der Waals surface area contributed by atoms with Crippen molar-refractivity contribution in [2.24, 2.45) is 16.7 Å². The highest BCUT2D eigenvalue weighted by atomic mass is 16.5. The van der Waals surface area contributed by atoms with Gasteiger partial charge in [-0.25, -0.2) is 4.98 Å². The van der Waals surface area contributed by atoms with Gasteiger partial charge >= 0.3 is 0 Å². The summed E-state index contributed by atoms with van der Waals surface area (Å²) in [5.74, 6) is 1.65. The number of anilines is 2. The molecule has 3 heterocycles. The molecule has 2 aliphatic rings. The third kappa shape index (κ3) is 2.99. The Labute approximate surface area is 166 Å². The van der Waals surface area contributed by atoms with Crippen molar-refractivity contribution in [3.8, 4) is 0 Å². The summed E-state index contributed by atoms with van der Waals surface area (Å²) in [7, 11) is 0. The van der Waals surface area contributed by atoms with Crippen molar-refractivity contribution in [3.63, 3.8) is 0 Å². The lowest BCUT2D eigenvalue weighted by Crippen LogP contribution is -2.30. The molecule has 6 nitrogen and oxygen atoms in total. The second kappa shape index (κ2) is 6.33. The van der Waals surface area contributed by atoms with E-state index in [0.29, 0.717) is 12.4 Å². The number of carbonyl (C=O) groups excluding carboxylic acids is 1. The minimum absolute atomic E-state index is 0.0171. The Hall–Kier alpha value is -2.37. The lowest BCUT2D eigenvalue weighted by Gasteiger charge is -2.30. The van der Waals surface area contributed by atoms with Crippen LogP contribution in [0.4, 0.5) is 11.5 Å². The van der Waals surface area contributed by atoms with Gasteiger partial charge in [-0.3, -0.25) is 4.79 Å². The van der Waals surface area contributed by atoms with Crippen molar-refractivity contribution in [3.05, 3.63) is 34.8 Å². The van der Waals surface area contributed by atoms with Crippen LogP contribution in [0, 0.1) is 30.6 Å². The van der Waals surface area contributed by atoms with Crippen molar-refractivity contribution in [2.45, 2.75) is 60.9 Å². The van der Waals surface area contributed by atoms with Gasteiger partial charge < -0.3 is 14.7 Å². The quantitative estimate of drug-likeness (QED) is 0.855. The van der Waals surface area contributed by atoms with Gasteiger partial charge in [-0.15, -0.1) is 0 Å². The molecule has 1 N–H and O–H groups in total. The lowest BCUT2D eigenvalue weighted by molar-refractivity contribution is -0.118. The maximum absolute atomic E-state index is 12.9. The average molecular weight is 383 g/mol. The summed E-state index contributed by atoms with van der Waals surface area (Å²) in [6.45, 7) is 14.2. The van der Waals surface area contributed by atoms with Crippen LogP contribution < -0.4 is 10.2 Å². The number of hydrogen-bond acceptors (Lipinski definition) is 5. The Morgan fingerprint density at radius 1 is 1.25 bits per heavy atom. The molecule has 1 aliphatic carbocycles. The molecule has 1 saturated carbocycles. The predicted octanol–water partition coefficient (Wildman–Crippen LogP) is 4.26. The fourth-order valence-electron chi connectivity index (χ4n) is 4.66. The van der Waals surface area contributed by atoms with Crippen LogP contribution in [0.15, 0.2) is 16.7 Å². The van der Waals surface area contributed by atoms with Crippen LogP contribution >= 0.6 is 0 Å². The molecule has 28 heavy (non-hydrogen) atoms. The molecular weight excluding hydrogens is 352 g/mol. The van der Waals surface area contributed by atoms with Crippen molar-refractivity contribution in [2.75, 3.05) is 16.8 Å². The fraction of sp³-hybridized carbons (Fsp3) is 0.591. The molecule has 0 atom stereocenters. The Morgan fingerprint density at radius 2 is 1.96 bits per heavy atom. The number of aryl methyl sites for hydroxylation is 3. The molecule has 0 saturated heterocycles. The second-order valence-electron chi connectivity index (χ2n) is 9.45. The van der Waals surface area contributed by atoms with Crippen LogP contribution in [0.3, 0.4) is 0 Å². The van der Waals surface area contributed by atoms with Crippen LogP contribution in [0.1, 0.15) is 56.8 Å². The first-order chi connectivity index (χ1) is 13.1. The van der Waals surface area contributed by atoms with E-state index in [-0.39, 0.29) is 22.7 Å². The zero-order valence-corrected chi connectivity index (χ0v) is 17.7. The molecule has 1 aliphatic heterocycles. The number of amides is 1. The summed E-state index contributed by atoms with van der Waals surface area (Å²) in [5, 5.41) is 7.09. The highest BCUT2D eigenvalue weighted by Crippen LogP contribution is 2.68. The third-order valence-corrected chi connectivity index (χ3v) is 7.00. The minimum Gasteiger partial charge on any atom is -0.362 e. The summed E-state index contributed by atoms with van der Waals surface area (Å²) in [6.07, 6.45) is 1.96. The number of hydrogen-bond donors (Lipinski definition) is 1. The van der Waals surface area contributed by atoms with Crippen molar-refractivity contribution >= 4 is 17.4 Å². The number of nitrogens with one attached hydrogen (secondary N) is 1. The first-order valence-corrected chi connectivity index (χ1v) is 10.1. The van der Waals surface area contributed by atoms with Crippen LogP contribution in [-0.4, -0.2) is 22.6 Å². The van der Waals surface area contributed by atoms with E-state index in [4.69, 9.17) is 9.51 Å². The molecule has 0 bridgehead atoms. The van der Waals surface area contributed by atoms with E-state index in [9.17, 15) is 4.79 Å². The molecule has 0 unspecified atom stereocenters. The molecule has 4 rings (SSSR count). The SMILES string of the molecule is Cc1cc(CN2CCCc3nc(NC(=O)C4C(C)(C)C4(C)C)c(C)cc32)on1. The van der Waals surface area contributed by atoms with Crippen LogP contribution in [-0.2, 0) is 17.8 Å². The molecular formula is C22H30N4O2. The van der Waals surface area contributed by atoms with Gasteiger partial charge in [0.15, 0.2) is 5.76 Å². The van der Waals surface area contributed by atoms with E-state index in [1.54, 1.807) is 0 Å². The van der Waals surface area contributed by atoms with Crippen molar-refractivity contribution < 1.29 is 9.32 Å². The van der Waals surface area contributed by atoms with E-state index in [1.165, 1.54) is 0 Å². The van der Waals surface area contributed by atoms with Crippen LogP contribution in [0.25, 0.3) is 0 Å². The molecule has 6 heteroatoms. The molecule has 0 radical (unpaired) electrons. The van der Waals surface area contributed by atoms with E-state index in [2.05, 4.69) is 49.1 Å². The van der Waals surface area contributed by atoms with E-state index in [0.717, 1.165) is 47.8 Å². The molecule has 1 amide bonds. The van der Waals surface area contributed by atoms with Crippen molar-refractivity contribution in [1.82, 2.24) is 10.1 Å². The third-order valence-electron chi connectivity index (χ3n) is 7.00. The summed E-state index contributed by atoms with van der Waals surface area (Å²) in [4.78, 5) is 20.0. The molecule has 2 aromatic rings. The number of fused-ring (bicyclic) bond motifs is 1. The number of carbonyl (C=O) groups is 1. The topological polar surface area (TPSA) is 71.3 Å². The van der Waals surface area contributed by atoms with Gasteiger partial charge in [0.05, 0.1) is 23.6 Å². The van der Waals surface area contributed by atoms with Gasteiger partial charge in [-0.2, -0.15) is 0 Å². The Kier molecular flexibility index (Phi) is 4.28. The van der Waals surface area contributed by atoms with E-state index < -0.39 is 0 Å². The molecule has 0 spiro atoms. The summed E-state index contributed by atoms with van der Waals surface area (Å²) < 4.78 is 5.39. The summed E-state index contributed by atoms with van der Waals surface area (Å²) in [5.41, 5.74) is 4.09. The summed E-state index contributed by atoms with van der Waals surface area (Å²) >= 11 is 0. The van der Waals surface area contributed by atoms with Gasteiger partial charge in [-0.1, -0.05) is 32.9 Å². The number of aromatic nitrogens is 2. The maximum Gasteiger partial charge on any atom is 0.229 e. The number of rotatable bonds is 4. The number of nitrogens with zero attached hydrogens (tertiary/aromatic N) is 3. The van der Waals surface area contributed by atoms with Crippen molar-refractivity contribution in [1.29, 1.82) is 0 Å². The van der Waals surface area contributed by atoms with Gasteiger partial charge in [0, 0.05) is 18.5 Å². The van der Waals surface area contributed by atoms with Gasteiger partial charge in [0.25, 0.3) is 0 Å². The fourth-order valence-corrected chi connectivity index (χ4v) is 4.66. The minimum atomic E-state index is 0.0171. The standard InChI is InChI=1S/C22H30N4O2/c1-13-10-17-16(8-7-9-26(17)12-15-11-14(2)25-28-15)23-19(13)24-20(27)18-21(3,4)22(18,5)6/h10-11,18H,7-9,12H2,1-6H3,(H,23,24,27). The molecule has 0 aromatic carbocycles. The summed E-state index contributed by atoms with van der Waals surface area (Å²) in [6, 6.07) is 4.12. The highest BCUT2D eigenvalue weighted by molar-refractivity contribution is 5.96. The van der Waals surface area contributed by atoms with Gasteiger partial charge in [0.1, 0.15) is 5.82 Å². The Balaban J connectivity index is 1.55. The molecule has 2 aromatic heterocycles.